The second-order valence-electron chi connectivity index (χ2n) is 9.03. The van der Waals surface area contributed by atoms with Crippen LogP contribution in [-0.4, -0.2) is 77.5 Å². The number of anilines is 1. The number of aldehydes is 1. The molecular formula is C24H36N4O2. The SMILES string of the molecule is CC(C)=C/C=C(\C)CN1CCC(N2CCN(c3ncc(C=O)cc3O)C(C)C2)CC1. The summed E-state index contributed by atoms with van der Waals surface area (Å²) in [6.45, 7) is 14.8. The number of carbonyl (C=O) groups is 1. The van der Waals surface area contributed by atoms with Crippen LogP contribution < -0.4 is 4.90 Å². The van der Waals surface area contributed by atoms with Gasteiger partial charge in [-0.15, -0.1) is 0 Å². The molecule has 1 aromatic heterocycles. The number of pyridine rings is 1. The Bertz CT molecular complexity index is 792. The number of allylic oxidation sites excluding steroid dienone is 3. The second-order valence-corrected chi connectivity index (χ2v) is 9.03. The molecule has 30 heavy (non-hydrogen) atoms. The number of piperidine rings is 1. The zero-order valence-corrected chi connectivity index (χ0v) is 18.8. The van der Waals surface area contributed by atoms with Crippen LogP contribution in [0.4, 0.5) is 5.82 Å². The lowest BCUT2D eigenvalue weighted by atomic mass is 10.00. The monoisotopic (exact) mass is 412 g/mol. The van der Waals surface area contributed by atoms with E-state index in [1.807, 2.05) is 0 Å². The number of piperazine rings is 1. The first-order chi connectivity index (χ1) is 14.4. The Hall–Kier alpha value is -2.18. The first kappa shape index (κ1) is 22.5. The molecule has 0 saturated carbocycles. The van der Waals surface area contributed by atoms with Crippen LogP contribution >= 0.6 is 0 Å². The molecule has 0 spiro atoms. The minimum absolute atomic E-state index is 0.0877. The molecule has 0 aromatic carbocycles. The molecule has 2 saturated heterocycles. The van der Waals surface area contributed by atoms with Gasteiger partial charge in [-0.25, -0.2) is 4.98 Å². The van der Waals surface area contributed by atoms with E-state index >= 15 is 0 Å². The van der Waals surface area contributed by atoms with Gasteiger partial charge in [-0.1, -0.05) is 23.3 Å². The van der Waals surface area contributed by atoms with Crippen LogP contribution in [0.5, 0.6) is 5.75 Å². The Morgan fingerprint density at radius 3 is 2.50 bits per heavy atom. The number of aromatic nitrogens is 1. The second kappa shape index (κ2) is 10.2. The summed E-state index contributed by atoms with van der Waals surface area (Å²) in [5.41, 5.74) is 3.16. The smallest absolute Gasteiger partial charge is 0.171 e. The Kier molecular flexibility index (Phi) is 7.67. The zero-order chi connectivity index (χ0) is 21.7. The summed E-state index contributed by atoms with van der Waals surface area (Å²) in [5, 5.41) is 10.3. The highest BCUT2D eigenvalue weighted by atomic mass is 16.3. The normalized spacial score (nSPS) is 22.2. The van der Waals surface area contributed by atoms with Gasteiger partial charge >= 0.3 is 0 Å². The number of rotatable bonds is 6. The van der Waals surface area contributed by atoms with Crippen LogP contribution in [-0.2, 0) is 0 Å². The van der Waals surface area contributed by atoms with E-state index in [4.69, 9.17) is 0 Å². The maximum atomic E-state index is 10.9. The molecule has 1 N–H and O–H groups in total. The molecule has 2 aliphatic rings. The number of nitrogens with zero attached hydrogens (tertiary/aromatic N) is 4. The molecule has 3 rings (SSSR count). The van der Waals surface area contributed by atoms with Crippen molar-refractivity contribution >= 4 is 12.1 Å². The minimum atomic E-state index is 0.0877. The van der Waals surface area contributed by atoms with Crippen molar-refractivity contribution in [3.8, 4) is 5.75 Å². The molecule has 0 aliphatic carbocycles. The van der Waals surface area contributed by atoms with Gasteiger partial charge in [0.05, 0.1) is 0 Å². The lowest BCUT2D eigenvalue weighted by Gasteiger charge is -2.46. The Morgan fingerprint density at radius 2 is 1.90 bits per heavy atom. The van der Waals surface area contributed by atoms with Crippen molar-refractivity contribution in [3.05, 3.63) is 41.1 Å². The van der Waals surface area contributed by atoms with Crippen molar-refractivity contribution in [3.63, 3.8) is 0 Å². The average Bonchev–Trinajstić information content (AvgIpc) is 2.73. The summed E-state index contributed by atoms with van der Waals surface area (Å²) < 4.78 is 0. The molecule has 3 heterocycles. The molecule has 0 bridgehead atoms. The van der Waals surface area contributed by atoms with Crippen LogP contribution in [0.2, 0.25) is 0 Å². The van der Waals surface area contributed by atoms with Gasteiger partial charge in [0.2, 0.25) is 0 Å². The topological polar surface area (TPSA) is 59.9 Å². The maximum Gasteiger partial charge on any atom is 0.171 e. The highest BCUT2D eigenvalue weighted by Crippen LogP contribution is 2.29. The number of hydrogen-bond acceptors (Lipinski definition) is 6. The Morgan fingerprint density at radius 1 is 1.17 bits per heavy atom. The van der Waals surface area contributed by atoms with Crippen molar-refractivity contribution in [2.24, 2.45) is 0 Å². The van der Waals surface area contributed by atoms with Gasteiger partial charge in [-0.3, -0.25) is 14.6 Å². The van der Waals surface area contributed by atoms with E-state index in [0.29, 0.717) is 23.7 Å². The van der Waals surface area contributed by atoms with Gasteiger partial charge in [0.25, 0.3) is 0 Å². The summed E-state index contributed by atoms with van der Waals surface area (Å²) in [4.78, 5) is 22.6. The molecular weight excluding hydrogens is 376 g/mol. The van der Waals surface area contributed by atoms with E-state index in [9.17, 15) is 9.90 Å². The quantitative estimate of drug-likeness (QED) is 0.570. The molecule has 2 aliphatic heterocycles. The molecule has 6 nitrogen and oxygen atoms in total. The van der Waals surface area contributed by atoms with E-state index in [2.05, 4.69) is 59.5 Å². The van der Waals surface area contributed by atoms with Crippen LogP contribution in [0, 0.1) is 0 Å². The third-order valence-corrected chi connectivity index (χ3v) is 6.18. The molecule has 1 unspecified atom stereocenters. The van der Waals surface area contributed by atoms with Crippen LogP contribution in [0.15, 0.2) is 35.6 Å². The fraction of sp³-hybridized carbons (Fsp3) is 0.583. The van der Waals surface area contributed by atoms with Gasteiger partial charge in [-0.05, 0) is 59.7 Å². The fourth-order valence-electron chi connectivity index (χ4n) is 4.54. The number of aromatic hydroxyl groups is 1. The van der Waals surface area contributed by atoms with Gasteiger partial charge in [0, 0.05) is 50.0 Å². The predicted octanol–water partition coefficient (Wildman–Crippen LogP) is 3.49. The summed E-state index contributed by atoms with van der Waals surface area (Å²) in [7, 11) is 0. The predicted molar refractivity (Wildman–Crippen MR) is 122 cm³/mol. The van der Waals surface area contributed by atoms with Crippen molar-refractivity contribution in [2.45, 2.75) is 52.6 Å². The molecule has 1 aromatic rings. The van der Waals surface area contributed by atoms with Crippen LogP contribution in [0.3, 0.4) is 0 Å². The lowest BCUT2D eigenvalue weighted by Crippen LogP contribution is -2.57. The third kappa shape index (κ3) is 5.70. The van der Waals surface area contributed by atoms with E-state index in [1.165, 1.54) is 36.3 Å². The molecule has 0 amide bonds. The maximum absolute atomic E-state index is 10.9. The van der Waals surface area contributed by atoms with Crippen molar-refractivity contribution < 1.29 is 9.90 Å². The van der Waals surface area contributed by atoms with Crippen molar-refractivity contribution in [1.29, 1.82) is 0 Å². The summed E-state index contributed by atoms with van der Waals surface area (Å²) >= 11 is 0. The number of likely N-dealkylation sites (tertiary alicyclic amines) is 1. The third-order valence-electron chi connectivity index (χ3n) is 6.18. The number of carbonyl (C=O) groups excluding carboxylic acids is 1. The van der Waals surface area contributed by atoms with Crippen LogP contribution in [0.1, 0.15) is 50.9 Å². The fourth-order valence-corrected chi connectivity index (χ4v) is 4.54. The van der Waals surface area contributed by atoms with Crippen molar-refractivity contribution in [1.82, 2.24) is 14.8 Å². The van der Waals surface area contributed by atoms with Gasteiger partial charge in [0.1, 0.15) is 0 Å². The van der Waals surface area contributed by atoms with Gasteiger partial charge in [0.15, 0.2) is 17.9 Å². The van der Waals surface area contributed by atoms with Gasteiger partial charge < -0.3 is 10.0 Å². The molecule has 6 heteroatoms. The molecule has 1 atom stereocenters. The Balaban J connectivity index is 1.51. The number of hydrogen-bond donors (Lipinski definition) is 1. The summed E-state index contributed by atoms with van der Waals surface area (Å²) in [6, 6.07) is 2.40. The molecule has 164 valence electrons. The van der Waals surface area contributed by atoms with E-state index in [1.54, 1.807) is 0 Å². The zero-order valence-electron chi connectivity index (χ0n) is 18.8. The van der Waals surface area contributed by atoms with Crippen molar-refractivity contribution in [2.75, 3.05) is 44.2 Å². The highest BCUT2D eigenvalue weighted by molar-refractivity contribution is 5.76. The standard InChI is InChI=1S/C24H36N4O2/c1-18(2)5-6-19(3)15-26-9-7-22(8-10-26)27-11-12-28(20(4)16-27)24-23(30)13-21(17-29)14-25-24/h5-6,13-14,17,20,22,30H,7-12,15-16H2,1-4H3/b19-6+. The molecule has 0 radical (unpaired) electrons. The lowest BCUT2D eigenvalue weighted by molar-refractivity contribution is 0.0971. The Labute approximate surface area is 180 Å². The van der Waals surface area contributed by atoms with E-state index in [0.717, 1.165) is 39.3 Å². The minimum Gasteiger partial charge on any atom is -0.504 e. The summed E-state index contributed by atoms with van der Waals surface area (Å²) in [6.07, 6.45) is 9.10. The largest absolute Gasteiger partial charge is 0.504 e. The highest BCUT2D eigenvalue weighted by Gasteiger charge is 2.32. The molecule has 2 fully saturated rings. The van der Waals surface area contributed by atoms with E-state index < -0.39 is 0 Å². The first-order valence-corrected chi connectivity index (χ1v) is 11.0. The average molecular weight is 413 g/mol. The summed E-state index contributed by atoms with van der Waals surface area (Å²) in [5.74, 6) is 0.672. The van der Waals surface area contributed by atoms with E-state index in [-0.39, 0.29) is 11.8 Å². The van der Waals surface area contributed by atoms with Crippen LogP contribution in [0.25, 0.3) is 0 Å². The first-order valence-electron chi connectivity index (χ1n) is 11.0. The van der Waals surface area contributed by atoms with Gasteiger partial charge in [-0.2, -0.15) is 0 Å².